The van der Waals surface area contributed by atoms with Gasteiger partial charge in [-0.3, -0.25) is 0 Å². The van der Waals surface area contributed by atoms with E-state index in [0.717, 1.165) is 0 Å². The summed E-state index contributed by atoms with van der Waals surface area (Å²) in [5.41, 5.74) is 8.91. The van der Waals surface area contributed by atoms with E-state index in [1.807, 2.05) is 18.4 Å². The first-order chi connectivity index (χ1) is 20.1. The predicted octanol–water partition coefficient (Wildman–Crippen LogP) is 11.9. The topological polar surface area (TPSA) is 9.23 Å². The van der Waals surface area contributed by atoms with E-state index in [2.05, 4.69) is 97.1 Å². The Kier molecular flexibility index (Phi) is 8.23. The van der Waals surface area contributed by atoms with Crippen LogP contribution >= 0.6 is 22.7 Å². The third-order valence-electron chi connectivity index (χ3n) is 10.7. The van der Waals surface area contributed by atoms with Crippen molar-refractivity contribution in [3.63, 3.8) is 0 Å². The standard InChI is InChI=1S/C26H23OS2.3C4H9.Sn/c1-13-11-18-23(29-13)16-9-7-15-14(20(16)25(18,2)3)8-10-17-21(15)26(4,5)22-19(27-6)12-28-24(17)22;3*1-3-4-2;/h7-11H,1-6H3;3*1,3-4H2,2H3;. The molecule has 0 saturated heterocycles. The zero-order valence-electron chi connectivity index (χ0n) is 27.5. The molecule has 0 radical (unpaired) electrons. The van der Waals surface area contributed by atoms with E-state index in [1.165, 1.54) is 116 Å². The van der Waals surface area contributed by atoms with Gasteiger partial charge in [0, 0.05) is 0 Å². The second-order valence-electron chi connectivity index (χ2n) is 14.2. The summed E-state index contributed by atoms with van der Waals surface area (Å²) in [6.45, 7) is 19.2. The molecule has 0 unspecified atom stereocenters. The summed E-state index contributed by atoms with van der Waals surface area (Å²) in [5.74, 6) is 1.29. The van der Waals surface area contributed by atoms with Crippen molar-refractivity contribution < 1.29 is 4.74 Å². The minimum atomic E-state index is -2.69. The van der Waals surface area contributed by atoms with Crippen LogP contribution in [-0.4, -0.2) is 25.5 Å². The maximum absolute atomic E-state index is 6.57. The molecule has 2 aromatic heterocycles. The number of methoxy groups -OCH3 is 1. The number of benzene rings is 2. The van der Waals surface area contributed by atoms with E-state index in [0.29, 0.717) is 0 Å². The van der Waals surface area contributed by atoms with Gasteiger partial charge in [-0.25, -0.2) is 0 Å². The van der Waals surface area contributed by atoms with Gasteiger partial charge in [0.25, 0.3) is 0 Å². The van der Waals surface area contributed by atoms with Gasteiger partial charge in [0.15, 0.2) is 0 Å². The monoisotopic (exact) mass is 706 g/mol. The van der Waals surface area contributed by atoms with Crippen LogP contribution in [0.1, 0.15) is 114 Å². The van der Waals surface area contributed by atoms with Crippen LogP contribution in [0.15, 0.2) is 30.3 Å². The average molecular weight is 706 g/mol. The van der Waals surface area contributed by atoms with Crippen LogP contribution in [0.4, 0.5) is 0 Å². The first-order valence-electron chi connectivity index (χ1n) is 16.5. The fourth-order valence-corrected chi connectivity index (χ4v) is 30.9. The summed E-state index contributed by atoms with van der Waals surface area (Å²) in [7, 11) is 1.97. The van der Waals surface area contributed by atoms with Crippen LogP contribution in [0, 0.1) is 6.92 Å². The normalized spacial score (nSPS) is 16.0. The number of unbranched alkanes of at least 4 members (excludes halogenated alkanes) is 3. The molecule has 2 aliphatic carbocycles. The molecule has 2 aliphatic rings. The van der Waals surface area contributed by atoms with Crippen molar-refractivity contribution in [3.8, 4) is 26.6 Å². The molecule has 0 aliphatic heterocycles. The summed E-state index contributed by atoms with van der Waals surface area (Å²) >= 11 is 1.45. The Morgan fingerprint density at radius 3 is 1.74 bits per heavy atom. The SMILES string of the molecule is CCC[CH2][Sn]([CH2]CCC)([CH2]CCC)[c]1sc2c(c1OC)C(C)(C)c1c-2ccc2c3c(ccc12)-c1sc(C)cc1C3(C)C. The van der Waals surface area contributed by atoms with E-state index in [1.54, 1.807) is 2.89 Å². The molecule has 224 valence electrons. The van der Waals surface area contributed by atoms with E-state index >= 15 is 0 Å². The van der Waals surface area contributed by atoms with Gasteiger partial charge in [-0.1, -0.05) is 0 Å². The third kappa shape index (κ3) is 4.41. The first-order valence-corrected chi connectivity index (χ1v) is 25.6. The molecular weight excluding hydrogens is 655 g/mol. The molecule has 42 heavy (non-hydrogen) atoms. The molecular formula is C38H50OS2Sn. The van der Waals surface area contributed by atoms with Gasteiger partial charge in [0.1, 0.15) is 0 Å². The van der Waals surface area contributed by atoms with Crippen molar-refractivity contribution in [2.24, 2.45) is 0 Å². The Morgan fingerprint density at radius 2 is 1.21 bits per heavy atom. The van der Waals surface area contributed by atoms with Crippen molar-refractivity contribution in [2.45, 2.75) is 118 Å². The zero-order chi connectivity index (χ0) is 30.0. The summed E-state index contributed by atoms with van der Waals surface area (Å²) < 4.78 is 12.8. The van der Waals surface area contributed by atoms with E-state index in [-0.39, 0.29) is 10.8 Å². The fraction of sp³-hybridized carbons (Fsp3) is 0.526. The average Bonchev–Trinajstić information content (AvgIpc) is 3.67. The molecule has 1 nitrogen and oxygen atoms in total. The Labute approximate surface area is 267 Å². The van der Waals surface area contributed by atoms with Crippen LogP contribution in [-0.2, 0) is 10.8 Å². The fourth-order valence-electron chi connectivity index (χ4n) is 8.55. The molecule has 0 bridgehead atoms. The first kappa shape index (κ1) is 30.7. The number of thiophene rings is 2. The molecule has 4 heteroatoms. The second kappa shape index (κ2) is 11.2. The van der Waals surface area contributed by atoms with Crippen molar-refractivity contribution in [1.82, 2.24) is 0 Å². The van der Waals surface area contributed by atoms with Gasteiger partial charge in [0.2, 0.25) is 0 Å². The molecule has 0 fully saturated rings. The number of rotatable bonds is 11. The van der Waals surface area contributed by atoms with Gasteiger partial charge in [0.05, 0.1) is 0 Å². The Balaban J connectivity index is 1.57. The van der Waals surface area contributed by atoms with Crippen molar-refractivity contribution in [2.75, 3.05) is 7.11 Å². The van der Waals surface area contributed by atoms with E-state index < -0.39 is 18.4 Å². The number of hydrogen-bond acceptors (Lipinski definition) is 3. The van der Waals surface area contributed by atoms with Crippen molar-refractivity contribution in [3.05, 3.63) is 57.5 Å². The number of aryl methyl sites for hydroxylation is 1. The summed E-state index contributed by atoms with van der Waals surface area (Å²) in [4.78, 5) is 4.41. The molecule has 0 saturated carbocycles. The summed E-state index contributed by atoms with van der Waals surface area (Å²) in [6, 6.07) is 12.3. The Hall–Kier alpha value is -1.30. The zero-order valence-corrected chi connectivity index (χ0v) is 32.0. The molecule has 4 aromatic rings. The van der Waals surface area contributed by atoms with Crippen molar-refractivity contribution in [1.29, 1.82) is 0 Å². The molecule has 2 aromatic carbocycles. The Morgan fingerprint density at radius 1 is 0.690 bits per heavy atom. The summed E-state index contributed by atoms with van der Waals surface area (Å²) in [6.07, 6.45) is 8.05. The second-order valence-corrected chi connectivity index (χ2v) is 30.5. The minimum absolute atomic E-state index is 0.0213. The van der Waals surface area contributed by atoms with Gasteiger partial charge in [-0.05, 0) is 6.92 Å². The molecule has 0 spiro atoms. The van der Waals surface area contributed by atoms with Crippen LogP contribution in [0.2, 0.25) is 13.3 Å². The van der Waals surface area contributed by atoms with Crippen molar-refractivity contribution >= 4 is 54.7 Å². The van der Waals surface area contributed by atoms with Gasteiger partial charge < -0.3 is 0 Å². The predicted molar refractivity (Wildman–Crippen MR) is 191 cm³/mol. The van der Waals surface area contributed by atoms with Gasteiger partial charge in [-0.15, -0.1) is 0 Å². The van der Waals surface area contributed by atoms with Crippen LogP contribution < -0.4 is 7.63 Å². The van der Waals surface area contributed by atoms with Crippen LogP contribution in [0.5, 0.6) is 5.75 Å². The van der Waals surface area contributed by atoms with Crippen LogP contribution in [0.25, 0.3) is 31.7 Å². The third-order valence-corrected chi connectivity index (χ3v) is 31.2. The molecule has 0 amide bonds. The van der Waals surface area contributed by atoms with E-state index in [9.17, 15) is 0 Å². The number of hydrogen-bond donors (Lipinski definition) is 0. The number of fused-ring (bicyclic) bond motifs is 9. The maximum atomic E-state index is 6.57. The molecule has 6 rings (SSSR count). The van der Waals surface area contributed by atoms with Crippen LogP contribution in [0.3, 0.4) is 0 Å². The van der Waals surface area contributed by atoms with Gasteiger partial charge >= 0.3 is 262 Å². The van der Waals surface area contributed by atoms with E-state index in [4.69, 9.17) is 4.74 Å². The quantitative estimate of drug-likeness (QED) is 0.141. The summed E-state index contributed by atoms with van der Waals surface area (Å²) in [5, 5.41) is 2.89. The molecule has 2 heterocycles. The number of ether oxygens (including phenoxy) is 1. The van der Waals surface area contributed by atoms with Gasteiger partial charge in [-0.2, -0.15) is 0 Å². The molecule has 0 atom stereocenters. The Bertz CT molecular complexity index is 1630. The molecule has 0 N–H and O–H groups in total.